The Bertz CT molecular complexity index is 1240. The lowest BCUT2D eigenvalue weighted by Gasteiger charge is -2.33. The average molecular weight is 528 g/mol. The first-order chi connectivity index (χ1) is 15.8. The minimum atomic E-state index is -3.69. The normalized spacial score (nSPS) is 15.0. The molecule has 0 spiro atoms. The molecule has 176 valence electrons. The zero-order valence-corrected chi connectivity index (χ0v) is 21.3. The van der Waals surface area contributed by atoms with E-state index in [2.05, 4.69) is 4.90 Å². The summed E-state index contributed by atoms with van der Waals surface area (Å²) >= 11 is 13.6. The van der Waals surface area contributed by atoms with E-state index in [1.54, 1.807) is 25.6 Å². The van der Waals surface area contributed by atoms with Crippen molar-refractivity contribution in [1.29, 1.82) is 0 Å². The lowest BCUT2D eigenvalue weighted by molar-refractivity contribution is 0.354. The molecule has 7 nitrogen and oxygen atoms in total. The summed E-state index contributed by atoms with van der Waals surface area (Å²) in [6.07, 6.45) is 0.667. The Balaban J connectivity index is 1.41. The van der Waals surface area contributed by atoms with Gasteiger partial charge in [0.05, 0.1) is 24.9 Å². The Morgan fingerprint density at radius 1 is 1.00 bits per heavy atom. The van der Waals surface area contributed by atoms with Gasteiger partial charge in [0.1, 0.15) is 4.90 Å². The first-order valence-corrected chi connectivity index (χ1v) is 13.2. The molecule has 0 saturated carbocycles. The summed E-state index contributed by atoms with van der Waals surface area (Å²) in [4.78, 5) is 6.95. The third kappa shape index (κ3) is 5.22. The SMILES string of the molecule is COc1ccc(Cc2csc(N3CCN(S(=O)(=O)c4ccc(Cl)cc4Cl)CC3)n2)cc1OC. The van der Waals surface area contributed by atoms with Gasteiger partial charge in [0.15, 0.2) is 16.6 Å². The van der Waals surface area contributed by atoms with E-state index in [1.807, 2.05) is 23.6 Å². The van der Waals surface area contributed by atoms with E-state index in [9.17, 15) is 8.42 Å². The number of methoxy groups -OCH3 is 2. The predicted molar refractivity (Wildman–Crippen MR) is 132 cm³/mol. The summed E-state index contributed by atoms with van der Waals surface area (Å²) in [5.74, 6) is 1.37. The molecule has 0 radical (unpaired) electrons. The molecule has 1 saturated heterocycles. The number of ether oxygens (including phenoxy) is 2. The second-order valence-electron chi connectivity index (χ2n) is 7.45. The highest BCUT2D eigenvalue weighted by atomic mass is 35.5. The van der Waals surface area contributed by atoms with Crippen LogP contribution in [-0.2, 0) is 16.4 Å². The molecule has 0 bridgehead atoms. The molecule has 0 amide bonds. The standard InChI is InChI=1S/C22H23Cl2N3O4S2/c1-30-19-5-3-15(12-20(19)31-2)11-17-14-32-22(25-17)26-7-9-27(10-8-26)33(28,29)21-6-4-16(23)13-18(21)24/h3-6,12-14H,7-11H2,1-2H3. The van der Waals surface area contributed by atoms with E-state index in [0.717, 1.165) is 16.4 Å². The van der Waals surface area contributed by atoms with E-state index in [1.165, 1.54) is 22.5 Å². The van der Waals surface area contributed by atoms with Gasteiger partial charge in [0.25, 0.3) is 0 Å². The predicted octanol–water partition coefficient (Wildman–Crippen LogP) is 4.57. The van der Waals surface area contributed by atoms with Crippen LogP contribution in [-0.4, -0.2) is 58.1 Å². The van der Waals surface area contributed by atoms with Crippen LogP contribution in [0, 0.1) is 0 Å². The minimum Gasteiger partial charge on any atom is -0.493 e. The van der Waals surface area contributed by atoms with Crippen molar-refractivity contribution in [3.63, 3.8) is 0 Å². The van der Waals surface area contributed by atoms with Crippen molar-refractivity contribution in [3.8, 4) is 11.5 Å². The van der Waals surface area contributed by atoms with Crippen LogP contribution in [0.2, 0.25) is 10.0 Å². The molecule has 33 heavy (non-hydrogen) atoms. The number of sulfonamides is 1. The van der Waals surface area contributed by atoms with Gasteiger partial charge in [-0.3, -0.25) is 0 Å². The summed E-state index contributed by atoms with van der Waals surface area (Å²) in [6.45, 7) is 1.80. The second-order valence-corrected chi connectivity index (χ2v) is 11.0. The molecule has 0 N–H and O–H groups in total. The Kier molecular flexibility index (Phi) is 7.35. The molecule has 3 aromatic rings. The van der Waals surface area contributed by atoms with Crippen molar-refractivity contribution in [1.82, 2.24) is 9.29 Å². The lowest BCUT2D eigenvalue weighted by atomic mass is 10.1. The van der Waals surface area contributed by atoms with Gasteiger partial charge in [-0.25, -0.2) is 13.4 Å². The van der Waals surface area contributed by atoms with Crippen LogP contribution in [0.3, 0.4) is 0 Å². The number of hydrogen-bond acceptors (Lipinski definition) is 7. The van der Waals surface area contributed by atoms with Crippen LogP contribution < -0.4 is 14.4 Å². The molecular formula is C22H23Cl2N3O4S2. The van der Waals surface area contributed by atoms with E-state index in [4.69, 9.17) is 37.7 Å². The van der Waals surface area contributed by atoms with Gasteiger partial charge in [0.2, 0.25) is 10.0 Å². The number of anilines is 1. The summed E-state index contributed by atoms with van der Waals surface area (Å²) in [6, 6.07) is 10.3. The topological polar surface area (TPSA) is 72.0 Å². The molecule has 1 aromatic heterocycles. The number of hydrogen-bond donors (Lipinski definition) is 0. The first-order valence-electron chi connectivity index (χ1n) is 10.2. The monoisotopic (exact) mass is 527 g/mol. The molecule has 0 atom stereocenters. The Hall–Kier alpha value is -2.04. The number of piperazine rings is 1. The second kappa shape index (κ2) is 10.1. The maximum Gasteiger partial charge on any atom is 0.244 e. The van der Waals surface area contributed by atoms with Crippen molar-refractivity contribution in [2.75, 3.05) is 45.3 Å². The lowest BCUT2D eigenvalue weighted by Crippen LogP contribution is -2.48. The van der Waals surface area contributed by atoms with Crippen molar-refractivity contribution in [3.05, 3.63) is 63.1 Å². The number of thiazole rings is 1. The molecule has 2 aromatic carbocycles. The Morgan fingerprint density at radius 3 is 2.39 bits per heavy atom. The molecule has 4 rings (SSSR count). The van der Waals surface area contributed by atoms with Crippen LogP contribution in [0.4, 0.5) is 5.13 Å². The quantitative estimate of drug-likeness (QED) is 0.448. The number of aromatic nitrogens is 1. The van der Waals surface area contributed by atoms with E-state index in [-0.39, 0.29) is 9.92 Å². The molecule has 1 aliphatic heterocycles. The van der Waals surface area contributed by atoms with Gasteiger partial charge in [-0.15, -0.1) is 11.3 Å². The minimum absolute atomic E-state index is 0.0773. The van der Waals surface area contributed by atoms with Gasteiger partial charge in [-0.1, -0.05) is 29.3 Å². The highest BCUT2D eigenvalue weighted by Gasteiger charge is 2.31. The zero-order valence-electron chi connectivity index (χ0n) is 18.1. The van der Waals surface area contributed by atoms with Crippen LogP contribution in [0.1, 0.15) is 11.3 Å². The van der Waals surface area contributed by atoms with Gasteiger partial charge in [-0.05, 0) is 35.9 Å². The zero-order chi connectivity index (χ0) is 23.6. The summed E-state index contributed by atoms with van der Waals surface area (Å²) in [5, 5.41) is 3.44. The van der Waals surface area contributed by atoms with Gasteiger partial charge in [-0.2, -0.15) is 4.31 Å². The van der Waals surface area contributed by atoms with Crippen molar-refractivity contribution in [2.24, 2.45) is 0 Å². The van der Waals surface area contributed by atoms with Crippen LogP contribution in [0.5, 0.6) is 11.5 Å². The fourth-order valence-corrected chi connectivity index (χ4v) is 6.71. The van der Waals surface area contributed by atoms with E-state index >= 15 is 0 Å². The van der Waals surface area contributed by atoms with Gasteiger partial charge < -0.3 is 14.4 Å². The number of benzene rings is 2. The van der Waals surface area contributed by atoms with Crippen LogP contribution >= 0.6 is 34.5 Å². The maximum atomic E-state index is 13.0. The molecule has 1 aliphatic rings. The smallest absolute Gasteiger partial charge is 0.244 e. The summed E-state index contributed by atoms with van der Waals surface area (Å²) in [7, 11) is -0.461. The van der Waals surface area contributed by atoms with E-state index in [0.29, 0.717) is 49.1 Å². The third-order valence-electron chi connectivity index (χ3n) is 5.39. The number of nitrogens with zero attached hydrogens (tertiary/aromatic N) is 3. The highest BCUT2D eigenvalue weighted by molar-refractivity contribution is 7.89. The molecule has 0 aliphatic carbocycles. The number of rotatable bonds is 7. The summed E-state index contributed by atoms with van der Waals surface area (Å²) in [5.41, 5.74) is 2.02. The fourth-order valence-electron chi connectivity index (χ4n) is 3.67. The maximum absolute atomic E-state index is 13.0. The largest absolute Gasteiger partial charge is 0.493 e. The average Bonchev–Trinajstić information content (AvgIpc) is 3.27. The van der Waals surface area contributed by atoms with Crippen molar-refractivity contribution >= 4 is 49.7 Å². The molecule has 11 heteroatoms. The van der Waals surface area contributed by atoms with Gasteiger partial charge >= 0.3 is 0 Å². The molecular weight excluding hydrogens is 505 g/mol. The van der Waals surface area contributed by atoms with Crippen molar-refractivity contribution in [2.45, 2.75) is 11.3 Å². The van der Waals surface area contributed by atoms with Crippen LogP contribution in [0.25, 0.3) is 0 Å². The molecule has 2 heterocycles. The highest BCUT2D eigenvalue weighted by Crippen LogP contribution is 2.31. The Labute approximate surface area is 207 Å². The van der Waals surface area contributed by atoms with Crippen LogP contribution in [0.15, 0.2) is 46.7 Å². The third-order valence-corrected chi connectivity index (χ3v) is 8.96. The van der Waals surface area contributed by atoms with Crippen molar-refractivity contribution < 1.29 is 17.9 Å². The van der Waals surface area contributed by atoms with Gasteiger partial charge in [0, 0.05) is 43.0 Å². The molecule has 1 fully saturated rings. The summed E-state index contributed by atoms with van der Waals surface area (Å²) < 4.78 is 38.2. The molecule has 0 unspecified atom stereocenters. The van der Waals surface area contributed by atoms with E-state index < -0.39 is 10.0 Å². The Morgan fingerprint density at radius 2 is 1.73 bits per heavy atom. The number of halogens is 2. The first kappa shape index (κ1) is 24.1. The fraction of sp³-hybridized carbons (Fsp3) is 0.318.